The molecule has 0 bridgehead atoms. The highest BCUT2D eigenvalue weighted by Crippen LogP contribution is 2.46. The van der Waals surface area contributed by atoms with Crippen LogP contribution in [0, 0.1) is 5.92 Å². The van der Waals surface area contributed by atoms with Crippen molar-refractivity contribution in [2.24, 2.45) is 11.7 Å². The Kier molecular flexibility index (Phi) is 2.60. The Morgan fingerprint density at radius 3 is 2.36 bits per heavy atom. The van der Waals surface area contributed by atoms with Gasteiger partial charge in [-0.2, -0.15) is 0 Å². The number of benzene rings is 1. The normalized spacial score (nSPS) is 25.4. The molecule has 0 amide bonds. The fraction of sp³-hybridized carbons (Fsp3) is 0.538. The second kappa shape index (κ2) is 3.74. The number of nitrogens with two attached hydrogens (primary N) is 1. The molecular formula is C13H19N. The molecule has 2 atom stereocenters. The summed E-state index contributed by atoms with van der Waals surface area (Å²) in [6.07, 6.45) is 1.29. The molecule has 2 N–H and O–H groups in total. The highest BCUT2D eigenvalue weighted by molar-refractivity contribution is 5.30. The van der Waals surface area contributed by atoms with Gasteiger partial charge in [0.25, 0.3) is 0 Å². The molecule has 76 valence electrons. The van der Waals surface area contributed by atoms with Gasteiger partial charge in [-0.3, -0.25) is 0 Å². The van der Waals surface area contributed by atoms with E-state index in [1.54, 1.807) is 0 Å². The number of rotatable bonds is 3. The van der Waals surface area contributed by atoms with Crippen molar-refractivity contribution in [2.75, 3.05) is 6.54 Å². The Morgan fingerprint density at radius 2 is 1.93 bits per heavy atom. The molecule has 0 unspecified atom stereocenters. The van der Waals surface area contributed by atoms with Crippen molar-refractivity contribution in [3.63, 3.8) is 0 Å². The van der Waals surface area contributed by atoms with E-state index in [9.17, 15) is 0 Å². The predicted molar refractivity (Wildman–Crippen MR) is 60.4 cm³/mol. The summed E-state index contributed by atoms with van der Waals surface area (Å²) < 4.78 is 0. The van der Waals surface area contributed by atoms with Crippen LogP contribution in [0.1, 0.15) is 43.2 Å². The summed E-state index contributed by atoms with van der Waals surface area (Å²) in [6, 6.07) is 9.06. The maximum absolute atomic E-state index is 5.64. The van der Waals surface area contributed by atoms with E-state index in [2.05, 4.69) is 38.1 Å². The minimum Gasteiger partial charge on any atom is -0.330 e. The molecule has 0 spiro atoms. The smallest absolute Gasteiger partial charge is 0.00428 e. The Balaban J connectivity index is 2.08. The molecular weight excluding hydrogens is 170 g/mol. The molecule has 1 aromatic rings. The molecule has 1 heteroatoms. The molecule has 0 aromatic heterocycles. The summed E-state index contributed by atoms with van der Waals surface area (Å²) in [6.45, 7) is 5.31. The van der Waals surface area contributed by atoms with Gasteiger partial charge in [-0.15, -0.1) is 0 Å². The zero-order chi connectivity index (χ0) is 10.1. The van der Waals surface area contributed by atoms with Crippen LogP contribution in [0.25, 0.3) is 0 Å². The third-order valence-corrected chi connectivity index (χ3v) is 3.26. The highest BCUT2D eigenvalue weighted by Gasteiger charge is 2.36. The van der Waals surface area contributed by atoms with E-state index in [4.69, 9.17) is 5.73 Å². The Bertz CT molecular complexity index is 300. The number of hydrogen-bond acceptors (Lipinski definition) is 1. The molecule has 1 fully saturated rings. The van der Waals surface area contributed by atoms with Crippen LogP contribution in [0.15, 0.2) is 24.3 Å². The molecule has 0 aliphatic heterocycles. The summed E-state index contributed by atoms with van der Waals surface area (Å²) in [5, 5.41) is 0. The van der Waals surface area contributed by atoms with Gasteiger partial charge in [0.2, 0.25) is 0 Å². The first kappa shape index (κ1) is 9.72. The topological polar surface area (TPSA) is 26.0 Å². The SMILES string of the molecule is CC(C)c1ccc([C@@H]2C[C@H]2CN)cc1. The number of hydrogen-bond donors (Lipinski definition) is 1. The Hall–Kier alpha value is -0.820. The monoisotopic (exact) mass is 189 g/mol. The molecule has 0 saturated heterocycles. The molecule has 2 rings (SSSR count). The van der Waals surface area contributed by atoms with Crippen LogP contribution < -0.4 is 5.73 Å². The largest absolute Gasteiger partial charge is 0.330 e. The van der Waals surface area contributed by atoms with Gasteiger partial charge >= 0.3 is 0 Å². The highest BCUT2D eigenvalue weighted by atomic mass is 14.6. The van der Waals surface area contributed by atoms with Crippen LogP contribution in [0.5, 0.6) is 0 Å². The van der Waals surface area contributed by atoms with E-state index in [1.165, 1.54) is 17.5 Å². The van der Waals surface area contributed by atoms with Crippen LogP contribution in [0.2, 0.25) is 0 Å². The zero-order valence-corrected chi connectivity index (χ0v) is 9.03. The Labute approximate surface area is 86.3 Å². The van der Waals surface area contributed by atoms with E-state index in [0.717, 1.165) is 18.4 Å². The lowest BCUT2D eigenvalue weighted by molar-refractivity contribution is 0.808. The second-order valence-corrected chi connectivity index (χ2v) is 4.66. The van der Waals surface area contributed by atoms with Gasteiger partial charge in [0.05, 0.1) is 0 Å². The lowest BCUT2D eigenvalue weighted by Gasteiger charge is -2.06. The minimum atomic E-state index is 0.633. The lowest BCUT2D eigenvalue weighted by Crippen LogP contribution is -2.01. The van der Waals surface area contributed by atoms with Crippen molar-refractivity contribution >= 4 is 0 Å². The van der Waals surface area contributed by atoms with Gasteiger partial charge in [-0.1, -0.05) is 38.1 Å². The van der Waals surface area contributed by atoms with Gasteiger partial charge < -0.3 is 5.73 Å². The average Bonchev–Trinajstić information content (AvgIpc) is 2.97. The Morgan fingerprint density at radius 1 is 1.29 bits per heavy atom. The van der Waals surface area contributed by atoms with Crippen molar-refractivity contribution in [3.05, 3.63) is 35.4 Å². The maximum atomic E-state index is 5.64. The van der Waals surface area contributed by atoms with Crippen molar-refractivity contribution < 1.29 is 0 Å². The molecule has 1 aliphatic carbocycles. The first-order valence-corrected chi connectivity index (χ1v) is 5.52. The first-order valence-electron chi connectivity index (χ1n) is 5.52. The second-order valence-electron chi connectivity index (χ2n) is 4.66. The third-order valence-electron chi connectivity index (χ3n) is 3.26. The van der Waals surface area contributed by atoms with Gasteiger partial charge in [0, 0.05) is 0 Å². The molecule has 1 nitrogen and oxygen atoms in total. The van der Waals surface area contributed by atoms with Crippen LogP contribution in [0.4, 0.5) is 0 Å². The predicted octanol–water partition coefficient (Wildman–Crippen LogP) is 2.87. The zero-order valence-electron chi connectivity index (χ0n) is 9.03. The molecule has 1 aromatic carbocycles. The van der Waals surface area contributed by atoms with Crippen LogP contribution in [-0.4, -0.2) is 6.54 Å². The van der Waals surface area contributed by atoms with Gasteiger partial charge in [-0.25, -0.2) is 0 Å². The molecule has 0 heterocycles. The van der Waals surface area contributed by atoms with E-state index in [1.807, 2.05) is 0 Å². The standard InChI is InChI=1S/C13H19N/c1-9(2)10-3-5-11(6-4-10)13-7-12(13)8-14/h3-6,9,12-13H,7-8,14H2,1-2H3/t12-,13-/m0/s1. The summed E-state index contributed by atoms with van der Waals surface area (Å²) >= 11 is 0. The van der Waals surface area contributed by atoms with Crippen LogP contribution >= 0.6 is 0 Å². The summed E-state index contributed by atoms with van der Waals surface area (Å²) in [5.74, 6) is 2.13. The van der Waals surface area contributed by atoms with E-state index in [0.29, 0.717) is 5.92 Å². The van der Waals surface area contributed by atoms with Gasteiger partial charge in [0.15, 0.2) is 0 Å². The fourth-order valence-electron chi connectivity index (χ4n) is 2.04. The van der Waals surface area contributed by atoms with Crippen molar-refractivity contribution in [1.29, 1.82) is 0 Å². The third kappa shape index (κ3) is 1.83. The van der Waals surface area contributed by atoms with E-state index >= 15 is 0 Å². The molecule has 1 saturated carbocycles. The first-order chi connectivity index (χ1) is 6.72. The van der Waals surface area contributed by atoms with Gasteiger partial charge in [0.1, 0.15) is 0 Å². The molecule has 14 heavy (non-hydrogen) atoms. The quantitative estimate of drug-likeness (QED) is 0.777. The van der Waals surface area contributed by atoms with E-state index < -0.39 is 0 Å². The van der Waals surface area contributed by atoms with Crippen molar-refractivity contribution in [1.82, 2.24) is 0 Å². The van der Waals surface area contributed by atoms with Crippen molar-refractivity contribution in [3.8, 4) is 0 Å². The average molecular weight is 189 g/mol. The minimum absolute atomic E-state index is 0.633. The summed E-state index contributed by atoms with van der Waals surface area (Å²) in [4.78, 5) is 0. The maximum Gasteiger partial charge on any atom is -0.00428 e. The fourth-order valence-corrected chi connectivity index (χ4v) is 2.04. The molecule has 1 aliphatic rings. The van der Waals surface area contributed by atoms with Crippen LogP contribution in [-0.2, 0) is 0 Å². The summed E-state index contributed by atoms with van der Waals surface area (Å²) in [5.41, 5.74) is 8.55. The van der Waals surface area contributed by atoms with E-state index in [-0.39, 0.29) is 0 Å². The van der Waals surface area contributed by atoms with Gasteiger partial charge in [-0.05, 0) is 41.8 Å². The van der Waals surface area contributed by atoms with Crippen LogP contribution in [0.3, 0.4) is 0 Å². The van der Waals surface area contributed by atoms with Crippen molar-refractivity contribution in [2.45, 2.75) is 32.1 Å². The molecule has 0 radical (unpaired) electrons. The summed E-state index contributed by atoms with van der Waals surface area (Å²) in [7, 11) is 0. The lowest BCUT2D eigenvalue weighted by atomic mass is 10.00.